The molecule has 1 saturated heterocycles. The Hall–Kier alpha value is -1.89. The van der Waals surface area contributed by atoms with Crippen molar-refractivity contribution >= 4 is 10.0 Å². The fraction of sp³-hybridized carbons (Fsp3) is 0.368. The maximum absolute atomic E-state index is 12.8. The van der Waals surface area contributed by atoms with E-state index >= 15 is 0 Å². The molecular weight excluding hydrogens is 336 g/mol. The van der Waals surface area contributed by atoms with E-state index in [1.165, 1.54) is 11.1 Å². The van der Waals surface area contributed by atoms with E-state index in [2.05, 4.69) is 36.1 Å². The van der Waals surface area contributed by atoms with Crippen LogP contribution in [0.25, 0.3) is 0 Å². The van der Waals surface area contributed by atoms with Gasteiger partial charge in [0.2, 0.25) is 10.0 Å². The summed E-state index contributed by atoms with van der Waals surface area (Å²) in [6.07, 6.45) is 0. The van der Waals surface area contributed by atoms with Crippen molar-refractivity contribution in [1.29, 1.82) is 0 Å². The van der Waals surface area contributed by atoms with Crippen LogP contribution in [0.2, 0.25) is 0 Å². The van der Waals surface area contributed by atoms with Crippen molar-refractivity contribution < 1.29 is 13.2 Å². The molecule has 3 rings (SSSR count). The lowest BCUT2D eigenvalue weighted by Gasteiger charge is -2.34. The third-order valence-corrected chi connectivity index (χ3v) is 6.47. The number of rotatable bonds is 5. The molecule has 0 spiro atoms. The predicted octanol–water partition coefficient (Wildman–Crippen LogP) is 2.51. The quantitative estimate of drug-likeness (QED) is 0.822. The van der Waals surface area contributed by atoms with Crippen molar-refractivity contribution in [3.05, 3.63) is 59.7 Å². The Morgan fingerprint density at radius 1 is 0.920 bits per heavy atom. The van der Waals surface area contributed by atoms with Crippen molar-refractivity contribution in [2.75, 3.05) is 33.3 Å². The van der Waals surface area contributed by atoms with E-state index in [-0.39, 0.29) is 0 Å². The zero-order chi connectivity index (χ0) is 17.9. The van der Waals surface area contributed by atoms with Crippen LogP contribution >= 0.6 is 0 Å². The topological polar surface area (TPSA) is 49.9 Å². The molecule has 1 heterocycles. The van der Waals surface area contributed by atoms with Gasteiger partial charge in [0.1, 0.15) is 5.75 Å². The first kappa shape index (κ1) is 17.9. The van der Waals surface area contributed by atoms with E-state index in [1.807, 2.05) is 0 Å². The zero-order valence-electron chi connectivity index (χ0n) is 14.7. The Balaban J connectivity index is 1.61. The van der Waals surface area contributed by atoms with Crippen LogP contribution in [0.1, 0.15) is 11.1 Å². The van der Waals surface area contributed by atoms with Crippen molar-refractivity contribution in [3.63, 3.8) is 0 Å². The maximum Gasteiger partial charge on any atom is 0.243 e. The summed E-state index contributed by atoms with van der Waals surface area (Å²) in [7, 11) is -1.87. The van der Waals surface area contributed by atoms with Gasteiger partial charge in [0.15, 0.2) is 0 Å². The van der Waals surface area contributed by atoms with Gasteiger partial charge >= 0.3 is 0 Å². The summed E-state index contributed by atoms with van der Waals surface area (Å²) in [6.45, 7) is 5.44. The van der Waals surface area contributed by atoms with Crippen LogP contribution in [0.3, 0.4) is 0 Å². The first-order valence-electron chi connectivity index (χ1n) is 8.41. The van der Waals surface area contributed by atoms with Crippen LogP contribution < -0.4 is 4.74 Å². The molecule has 0 aromatic heterocycles. The molecule has 0 N–H and O–H groups in total. The number of ether oxygens (including phenoxy) is 1. The predicted molar refractivity (Wildman–Crippen MR) is 98.2 cm³/mol. The van der Waals surface area contributed by atoms with E-state index < -0.39 is 10.0 Å². The minimum atomic E-state index is -3.44. The Morgan fingerprint density at radius 2 is 1.52 bits per heavy atom. The average molecular weight is 360 g/mol. The summed E-state index contributed by atoms with van der Waals surface area (Å²) in [5, 5.41) is 0. The van der Waals surface area contributed by atoms with Gasteiger partial charge in [-0.05, 0) is 36.8 Å². The number of benzene rings is 2. The zero-order valence-corrected chi connectivity index (χ0v) is 15.5. The number of aryl methyl sites for hydroxylation is 1. The summed E-state index contributed by atoms with van der Waals surface area (Å²) in [6, 6.07) is 15.1. The van der Waals surface area contributed by atoms with Gasteiger partial charge in [-0.1, -0.05) is 29.8 Å². The van der Waals surface area contributed by atoms with Crippen LogP contribution in [-0.2, 0) is 16.6 Å². The molecule has 134 valence electrons. The minimum Gasteiger partial charge on any atom is -0.497 e. The Bertz CT molecular complexity index is 794. The number of nitrogens with zero attached hydrogens (tertiary/aromatic N) is 2. The molecule has 25 heavy (non-hydrogen) atoms. The molecule has 1 aliphatic heterocycles. The highest BCUT2D eigenvalue weighted by atomic mass is 32.2. The van der Waals surface area contributed by atoms with E-state index in [4.69, 9.17) is 4.74 Å². The summed E-state index contributed by atoms with van der Waals surface area (Å²) < 4.78 is 32.2. The number of piperazine rings is 1. The lowest BCUT2D eigenvalue weighted by molar-refractivity contribution is 0.181. The van der Waals surface area contributed by atoms with Gasteiger partial charge in [0.05, 0.1) is 12.0 Å². The molecule has 0 unspecified atom stereocenters. The summed E-state index contributed by atoms with van der Waals surface area (Å²) in [5.74, 6) is 0.655. The minimum absolute atomic E-state index is 0.320. The molecule has 2 aromatic rings. The van der Waals surface area contributed by atoms with Gasteiger partial charge in [-0.3, -0.25) is 4.90 Å². The largest absolute Gasteiger partial charge is 0.497 e. The van der Waals surface area contributed by atoms with Gasteiger partial charge in [-0.25, -0.2) is 8.42 Å². The molecule has 0 radical (unpaired) electrons. The normalized spacial score (nSPS) is 16.7. The summed E-state index contributed by atoms with van der Waals surface area (Å²) in [5.41, 5.74) is 2.51. The maximum atomic E-state index is 12.8. The Morgan fingerprint density at radius 3 is 2.08 bits per heavy atom. The lowest BCUT2D eigenvalue weighted by atomic mass is 10.1. The number of hydrogen-bond acceptors (Lipinski definition) is 4. The van der Waals surface area contributed by atoms with E-state index in [1.54, 1.807) is 35.7 Å². The monoisotopic (exact) mass is 360 g/mol. The highest BCUT2D eigenvalue weighted by Crippen LogP contribution is 2.21. The number of hydrogen-bond donors (Lipinski definition) is 0. The van der Waals surface area contributed by atoms with Gasteiger partial charge < -0.3 is 4.74 Å². The van der Waals surface area contributed by atoms with Crippen LogP contribution in [0, 0.1) is 6.92 Å². The third-order valence-electron chi connectivity index (χ3n) is 4.56. The molecule has 1 fully saturated rings. The number of methoxy groups -OCH3 is 1. The van der Waals surface area contributed by atoms with Crippen molar-refractivity contribution in [2.45, 2.75) is 18.4 Å². The molecule has 1 aliphatic rings. The summed E-state index contributed by atoms with van der Waals surface area (Å²) in [4.78, 5) is 2.62. The second-order valence-corrected chi connectivity index (χ2v) is 8.28. The SMILES string of the molecule is COc1ccc(S(=O)(=O)N2CCN(Cc3ccc(C)cc3)CC2)cc1. The van der Waals surface area contributed by atoms with Crippen molar-refractivity contribution in [1.82, 2.24) is 9.21 Å². The standard InChI is InChI=1S/C19H24N2O3S/c1-16-3-5-17(6-4-16)15-20-11-13-21(14-12-20)25(22,23)19-9-7-18(24-2)8-10-19/h3-10H,11-15H2,1-2H3. The molecular formula is C19H24N2O3S. The second-order valence-electron chi connectivity index (χ2n) is 6.34. The smallest absolute Gasteiger partial charge is 0.243 e. The highest BCUT2D eigenvalue weighted by molar-refractivity contribution is 7.89. The van der Waals surface area contributed by atoms with Gasteiger partial charge in [-0.2, -0.15) is 4.31 Å². The van der Waals surface area contributed by atoms with Crippen molar-refractivity contribution in [3.8, 4) is 5.75 Å². The van der Waals surface area contributed by atoms with Crippen LogP contribution in [-0.4, -0.2) is 50.9 Å². The van der Waals surface area contributed by atoms with Gasteiger partial charge in [0.25, 0.3) is 0 Å². The molecule has 6 heteroatoms. The second kappa shape index (κ2) is 7.56. The first-order valence-corrected chi connectivity index (χ1v) is 9.85. The molecule has 5 nitrogen and oxygen atoms in total. The van der Waals surface area contributed by atoms with Crippen molar-refractivity contribution in [2.24, 2.45) is 0 Å². The fourth-order valence-corrected chi connectivity index (χ4v) is 4.40. The lowest BCUT2D eigenvalue weighted by Crippen LogP contribution is -2.48. The Kier molecular flexibility index (Phi) is 5.42. The molecule has 0 aliphatic carbocycles. The molecule has 0 saturated carbocycles. The van der Waals surface area contributed by atoms with E-state index in [0.29, 0.717) is 23.7 Å². The van der Waals surface area contributed by atoms with E-state index in [9.17, 15) is 8.42 Å². The molecule has 0 bridgehead atoms. The average Bonchev–Trinajstić information content (AvgIpc) is 2.64. The van der Waals surface area contributed by atoms with Gasteiger partial charge in [-0.15, -0.1) is 0 Å². The molecule has 0 atom stereocenters. The summed E-state index contributed by atoms with van der Waals surface area (Å²) >= 11 is 0. The Labute approximate surface area is 149 Å². The third kappa shape index (κ3) is 4.21. The fourth-order valence-electron chi connectivity index (χ4n) is 2.98. The molecule has 0 amide bonds. The highest BCUT2D eigenvalue weighted by Gasteiger charge is 2.28. The van der Waals surface area contributed by atoms with E-state index in [0.717, 1.165) is 19.6 Å². The first-order chi connectivity index (χ1) is 12.0. The number of sulfonamides is 1. The molecule has 2 aromatic carbocycles. The van der Waals surface area contributed by atoms with Crippen LogP contribution in [0.4, 0.5) is 0 Å². The van der Waals surface area contributed by atoms with Crippen LogP contribution in [0.5, 0.6) is 5.75 Å². The van der Waals surface area contributed by atoms with Crippen LogP contribution in [0.15, 0.2) is 53.4 Å². The van der Waals surface area contributed by atoms with Gasteiger partial charge in [0, 0.05) is 32.7 Å².